The number of hydrogen-bond acceptors (Lipinski definition) is 4. The molecule has 0 saturated carbocycles. The molecule has 0 fully saturated rings. The summed E-state index contributed by atoms with van der Waals surface area (Å²) in [5.74, 6) is -0.501. The summed E-state index contributed by atoms with van der Waals surface area (Å²) in [6.07, 6.45) is 0. The smallest absolute Gasteiger partial charge is 0.343 e. The maximum atomic E-state index is 10.2. The summed E-state index contributed by atoms with van der Waals surface area (Å²) in [6, 6.07) is 0. The molecule has 1 aromatic heterocycles. The Morgan fingerprint density at radius 2 is 2.25 bits per heavy atom. The molecule has 0 radical (unpaired) electrons. The maximum absolute atomic E-state index is 10.2. The molecule has 0 N–H and O–H groups in total. The Bertz CT molecular complexity index is 347. The topological polar surface area (TPSA) is 73.8 Å². The van der Waals surface area contributed by atoms with E-state index < -0.39 is 10.7 Å². The van der Waals surface area contributed by atoms with Crippen molar-refractivity contribution in [1.29, 1.82) is 0 Å². The van der Waals surface area contributed by atoms with Crippen molar-refractivity contribution in [3.05, 3.63) is 27.3 Å². The van der Waals surface area contributed by atoms with Gasteiger partial charge in [0, 0.05) is 0 Å². The third-order valence-electron chi connectivity index (χ3n) is 0.997. The molecule has 8 heteroatoms. The Labute approximate surface area is 76.6 Å². The van der Waals surface area contributed by atoms with E-state index in [2.05, 4.69) is 16.7 Å². The van der Waals surface area contributed by atoms with Gasteiger partial charge in [0.25, 0.3) is 5.28 Å². The van der Waals surface area contributed by atoms with Gasteiger partial charge < -0.3 is 10.1 Å². The van der Waals surface area contributed by atoms with E-state index in [9.17, 15) is 10.1 Å². The lowest BCUT2D eigenvalue weighted by Gasteiger charge is -1.94. The zero-order chi connectivity index (χ0) is 9.30. The van der Waals surface area contributed by atoms with E-state index >= 15 is 0 Å². The molecule has 0 aromatic carbocycles. The second kappa shape index (κ2) is 3.08. The van der Waals surface area contributed by atoms with Crippen molar-refractivity contribution in [2.24, 2.45) is 0 Å². The van der Waals surface area contributed by atoms with Crippen molar-refractivity contribution in [3.63, 3.8) is 0 Å². The summed E-state index contributed by atoms with van der Waals surface area (Å²) in [5, 5.41) is 13.2. The van der Waals surface area contributed by atoms with Crippen LogP contribution in [-0.2, 0) is 0 Å². The van der Waals surface area contributed by atoms with Crippen molar-refractivity contribution in [2.75, 3.05) is 0 Å². The number of halogens is 2. The van der Waals surface area contributed by atoms with E-state index in [1.165, 1.54) is 0 Å². The molecule has 0 aliphatic rings. The summed E-state index contributed by atoms with van der Waals surface area (Å²) in [4.78, 5) is 12.9. The van der Waals surface area contributed by atoms with E-state index in [4.69, 9.17) is 23.2 Å². The maximum Gasteiger partial charge on any atom is 0.343 e. The van der Waals surface area contributed by atoms with E-state index in [0.717, 1.165) is 4.68 Å². The predicted octanol–water partition coefficient (Wildman–Crippen LogP) is 1.29. The standard InChI is InChI=1S/C4H2Cl2N4O2/c1-2(10(11)12)9-4(6)7-3(5)8-9/h1H2. The van der Waals surface area contributed by atoms with Crippen LogP contribution in [0.1, 0.15) is 0 Å². The lowest BCUT2D eigenvalue weighted by molar-refractivity contribution is -0.384. The normalized spacial score (nSPS) is 9.83. The first kappa shape index (κ1) is 8.95. The molecular formula is C4H2Cl2N4O2. The lowest BCUT2D eigenvalue weighted by atomic mass is 10.8. The first-order chi connectivity index (χ1) is 5.52. The summed E-state index contributed by atoms with van der Waals surface area (Å²) < 4.78 is 0.740. The Morgan fingerprint density at radius 1 is 1.67 bits per heavy atom. The minimum absolute atomic E-state index is 0.164. The van der Waals surface area contributed by atoms with Crippen LogP contribution in [0.25, 0.3) is 5.82 Å². The highest BCUT2D eigenvalue weighted by molar-refractivity contribution is 6.31. The molecule has 0 aliphatic carbocycles. The van der Waals surface area contributed by atoms with Crippen LogP contribution in [0.2, 0.25) is 10.6 Å². The van der Waals surface area contributed by atoms with Gasteiger partial charge in [0.2, 0.25) is 0 Å². The van der Waals surface area contributed by atoms with E-state index in [1.54, 1.807) is 0 Å². The molecule has 0 spiro atoms. The molecule has 1 heterocycles. The summed E-state index contributed by atoms with van der Waals surface area (Å²) in [5.41, 5.74) is 0. The van der Waals surface area contributed by atoms with Gasteiger partial charge in [0.15, 0.2) is 0 Å². The van der Waals surface area contributed by atoms with Gasteiger partial charge >= 0.3 is 11.1 Å². The van der Waals surface area contributed by atoms with Crippen LogP contribution in [0.3, 0.4) is 0 Å². The van der Waals surface area contributed by atoms with Gasteiger partial charge in [-0.2, -0.15) is 4.98 Å². The average Bonchev–Trinajstić information content (AvgIpc) is 2.28. The second-order valence-corrected chi connectivity index (χ2v) is 2.41. The Balaban J connectivity index is 3.11. The number of aromatic nitrogens is 3. The van der Waals surface area contributed by atoms with Gasteiger partial charge in [-0.15, -0.1) is 0 Å². The molecule has 64 valence electrons. The summed E-state index contributed by atoms with van der Waals surface area (Å²) >= 11 is 10.7. The minimum Gasteiger partial charge on any atom is -0.358 e. The molecule has 0 atom stereocenters. The second-order valence-electron chi connectivity index (χ2n) is 1.74. The first-order valence-corrected chi connectivity index (χ1v) is 3.39. The van der Waals surface area contributed by atoms with Crippen molar-refractivity contribution >= 4 is 29.0 Å². The quantitative estimate of drug-likeness (QED) is 0.543. The van der Waals surface area contributed by atoms with Gasteiger partial charge in [0.1, 0.15) is 0 Å². The zero-order valence-electron chi connectivity index (χ0n) is 5.57. The van der Waals surface area contributed by atoms with Crippen LogP contribution in [0.5, 0.6) is 0 Å². The fourth-order valence-electron chi connectivity index (χ4n) is 0.511. The molecular weight excluding hydrogens is 207 g/mol. The van der Waals surface area contributed by atoms with Gasteiger partial charge in [-0.3, -0.25) is 0 Å². The Kier molecular flexibility index (Phi) is 2.30. The highest BCUT2D eigenvalue weighted by Gasteiger charge is 2.18. The highest BCUT2D eigenvalue weighted by atomic mass is 35.5. The number of nitrogens with zero attached hydrogens (tertiary/aromatic N) is 4. The van der Waals surface area contributed by atoms with Gasteiger partial charge in [-0.05, 0) is 39.8 Å². The van der Waals surface area contributed by atoms with Crippen LogP contribution in [0, 0.1) is 10.1 Å². The fourth-order valence-corrected chi connectivity index (χ4v) is 0.925. The van der Waals surface area contributed by atoms with Crippen LogP contribution in [-0.4, -0.2) is 19.7 Å². The Hall–Kier alpha value is -1.14. The van der Waals surface area contributed by atoms with Gasteiger partial charge in [-0.1, -0.05) is 4.68 Å². The SMILES string of the molecule is C=C(n1nc(Cl)nc1Cl)[N+](=O)[O-]. The predicted molar refractivity (Wildman–Crippen MR) is 42.4 cm³/mol. The molecule has 12 heavy (non-hydrogen) atoms. The molecule has 0 amide bonds. The molecule has 1 aromatic rings. The Morgan fingerprint density at radius 3 is 2.58 bits per heavy atom. The lowest BCUT2D eigenvalue weighted by Crippen LogP contribution is -2.06. The average molecular weight is 209 g/mol. The number of hydrogen-bond donors (Lipinski definition) is 0. The highest BCUT2D eigenvalue weighted by Crippen LogP contribution is 2.13. The van der Waals surface area contributed by atoms with Crippen LogP contribution < -0.4 is 0 Å². The fraction of sp³-hybridized carbons (Fsp3) is 0. The van der Waals surface area contributed by atoms with E-state index in [1.807, 2.05) is 0 Å². The monoisotopic (exact) mass is 208 g/mol. The molecule has 0 aliphatic heterocycles. The number of nitro groups is 1. The molecule has 0 bridgehead atoms. The third-order valence-corrected chi connectivity index (χ3v) is 1.40. The summed E-state index contributed by atoms with van der Waals surface area (Å²) in [6.45, 7) is 3.12. The number of rotatable bonds is 2. The zero-order valence-corrected chi connectivity index (χ0v) is 7.08. The van der Waals surface area contributed by atoms with Crippen LogP contribution in [0.4, 0.5) is 0 Å². The van der Waals surface area contributed by atoms with Gasteiger partial charge in [0.05, 0.1) is 0 Å². The van der Waals surface area contributed by atoms with E-state index in [0.29, 0.717) is 0 Å². The first-order valence-electron chi connectivity index (χ1n) is 2.64. The van der Waals surface area contributed by atoms with Crippen molar-refractivity contribution < 1.29 is 4.92 Å². The summed E-state index contributed by atoms with van der Waals surface area (Å²) in [7, 11) is 0. The third kappa shape index (κ3) is 1.54. The van der Waals surface area contributed by atoms with E-state index in [-0.39, 0.29) is 10.6 Å². The van der Waals surface area contributed by atoms with Crippen LogP contribution in [0.15, 0.2) is 6.58 Å². The largest absolute Gasteiger partial charge is 0.358 e. The minimum atomic E-state index is -0.739. The molecule has 1 rings (SSSR count). The molecule has 0 saturated heterocycles. The van der Waals surface area contributed by atoms with Crippen molar-refractivity contribution in [3.8, 4) is 0 Å². The van der Waals surface area contributed by atoms with Crippen molar-refractivity contribution in [1.82, 2.24) is 14.8 Å². The van der Waals surface area contributed by atoms with Gasteiger partial charge in [-0.25, -0.2) is 0 Å². The molecule has 6 nitrogen and oxygen atoms in total. The van der Waals surface area contributed by atoms with Crippen molar-refractivity contribution in [2.45, 2.75) is 0 Å². The van der Waals surface area contributed by atoms with Crippen LogP contribution >= 0.6 is 23.2 Å². The molecule has 0 unspecified atom stereocenters.